The molecule has 0 fully saturated rings. The average molecular weight is 402 g/mol. The molecule has 8 nitrogen and oxygen atoms in total. The van der Waals surface area contributed by atoms with E-state index in [-0.39, 0.29) is 36.0 Å². The van der Waals surface area contributed by atoms with E-state index in [1.54, 1.807) is 24.3 Å². The van der Waals surface area contributed by atoms with Crippen LogP contribution in [0.1, 0.15) is 21.7 Å². The van der Waals surface area contributed by atoms with E-state index in [0.29, 0.717) is 11.4 Å². The summed E-state index contributed by atoms with van der Waals surface area (Å²) in [4.78, 5) is 41.7. The molecule has 4 rings (SSSR count). The van der Waals surface area contributed by atoms with Crippen LogP contribution in [0, 0.1) is 0 Å². The number of aromatic nitrogens is 2. The minimum atomic E-state index is -0.470. The van der Waals surface area contributed by atoms with Crippen molar-refractivity contribution in [1.82, 2.24) is 14.7 Å². The summed E-state index contributed by atoms with van der Waals surface area (Å²) in [6.07, 6.45) is 4.38. The number of benzene rings is 1. The highest BCUT2D eigenvalue weighted by molar-refractivity contribution is 5.94. The van der Waals surface area contributed by atoms with E-state index in [1.165, 1.54) is 23.1 Å². The average Bonchev–Trinajstić information content (AvgIpc) is 3.28. The van der Waals surface area contributed by atoms with Crippen LogP contribution in [0.4, 0.5) is 5.69 Å². The summed E-state index contributed by atoms with van der Waals surface area (Å²) in [5.41, 5.74) is 1.05. The number of carbonyl (C=O) groups excluding carboxylic acids is 2. The fourth-order valence-electron chi connectivity index (χ4n) is 2.95. The van der Waals surface area contributed by atoms with E-state index in [4.69, 9.17) is 4.42 Å². The van der Waals surface area contributed by atoms with Gasteiger partial charge in [-0.3, -0.25) is 18.8 Å². The number of carbonyl (C=O) groups is 2. The van der Waals surface area contributed by atoms with Gasteiger partial charge in [0, 0.05) is 6.20 Å². The van der Waals surface area contributed by atoms with Gasteiger partial charge in [0.2, 0.25) is 5.91 Å². The number of nitrogens with one attached hydrogen (secondary N) is 2. The molecule has 3 heterocycles. The molecule has 30 heavy (non-hydrogen) atoms. The summed E-state index contributed by atoms with van der Waals surface area (Å²) in [5, 5.41) is 5.32. The van der Waals surface area contributed by atoms with Crippen molar-refractivity contribution in [3.05, 3.63) is 100 Å². The zero-order valence-electron chi connectivity index (χ0n) is 15.9. The first-order chi connectivity index (χ1) is 14.6. The van der Waals surface area contributed by atoms with Gasteiger partial charge in [-0.1, -0.05) is 30.3 Å². The highest BCUT2D eigenvalue weighted by atomic mass is 16.3. The molecule has 0 aliphatic heterocycles. The minimum absolute atomic E-state index is 0.0431. The van der Waals surface area contributed by atoms with Crippen LogP contribution in [0.15, 0.2) is 82.5 Å². The Balaban J connectivity index is 1.52. The highest BCUT2D eigenvalue weighted by Crippen LogP contribution is 2.08. The predicted molar refractivity (Wildman–Crippen MR) is 110 cm³/mol. The number of anilines is 1. The molecule has 0 atom stereocenters. The van der Waals surface area contributed by atoms with E-state index in [9.17, 15) is 14.4 Å². The van der Waals surface area contributed by atoms with Crippen molar-refractivity contribution in [2.75, 3.05) is 5.32 Å². The molecule has 8 heteroatoms. The molecular formula is C22H18N4O4. The largest absolute Gasteiger partial charge is 0.467 e. The van der Waals surface area contributed by atoms with Crippen LogP contribution in [0.25, 0.3) is 5.65 Å². The molecule has 0 radical (unpaired) electrons. The van der Waals surface area contributed by atoms with Gasteiger partial charge in [-0.2, -0.15) is 0 Å². The van der Waals surface area contributed by atoms with Gasteiger partial charge in [0.1, 0.15) is 17.1 Å². The number of furan rings is 1. The van der Waals surface area contributed by atoms with Gasteiger partial charge in [-0.15, -0.1) is 0 Å². The maximum atomic E-state index is 12.8. The van der Waals surface area contributed by atoms with Crippen molar-refractivity contribution in [3.63, 3.8) is 0 Å². The highest BCUT2D eigenvalue weighted by Gasteiger charge is 2.12. The van der Waals surface area contributed by atoms with Crippen LogP contribution in [0.5, 0.6) is 0 Å². The molecule has 0 unspecified atom stereocenters. The number of nitrogens with zero attached hydrogens (tertiary/aromatic N) is 2. The summed E-state index contributed by atoms with van der Waals surface area (Å²) >= 11 is 0. The van der Waals surface area contributed by atoms with E-state index < -0.39 is 5.56 Å². The lowest BCUT2D eigenvalue weighted by Gasteiger charge is -2.08. The summed E-state index contributed by atoms with van der Waals surface area (Å²) in [6.45, 7) is 0.229. The Labute approximate surface area is 171 Å². The summed E-state index contributed by atoms with van der Waals surface area (Å²) in [6, 6.07) is 15.8. The Morgan fingerprint density at radius 3 is 2.63 bits per heavy atom. The quantitative estimate of drug-likeness (QED) is 0.515. The van der Waals surface area contributed by atoms with Crippen molar-refractivity contribution in [2.45, 2.75) is 13.0 Å². The molecule has 0 saturated heterocycles. The second-order valence-corrected chi connectivity index (χ2v) is 6.60. The Kier molecular flexibility index (Phi) is 5.38. The summed E-state index contributed by atoms with van der Waals surface area (Å²) < 4.78 is 6.42. The summed E-state index contributed by atoms with van der Waals surface area (Å²) in [5.74, 6) is -0.0718. The molecule has 2 N–H and O–H groups in total. The molecule has 0 aliphatic rings. The fraction of sp³-hybridized carbons (Fsp3) is 0.0909. The van der Waals surface area contributed by atoms with Gasteiger partial charge in [0.05, 0.1) is 31.0 Å². The lowest BCUT2D eigenvalue weighted by molar-refractivity contribution is -0.115. The molecule has 0 saturated carbocycles. The zero-order valence-corrected chi connectivity index (χ0v) is 15.9. The number of pyridine rings is 1. The minimum Gasteiger partial charge on any atom is -0.467 e. The van der Waals surface area contributed by atoms with Crippen LogP contribution in [0.3, 0.4) is 0 Å². The van der Waals surface area contributed by atoms with E-state index >= 15 is 0 Å². The van der Waals surface area contributed by atoms with Crippen molar-refractivity contribution in [1.29, 1.82) is 0 Å². The lowest BCUT2D eigenvalue weighted by atomic mass is 10.1. The molecule has 150 valence electrons. The first kappa shape index (κ1) is 19.1. The van der Waals surface area contributed by atoms with Crippen molar-refractivity contribution >= 4 is 23.1 Å². The SMILES string of the molecule is O=C(Cc1ccccc1)Nc1cnc2ccc(C(=O)NCc3ccco3)cn2c1=O. The fourth-order valence-corrected chi connectivity index (χ4v) is 2.95. The van der Waals surface area contributed by atoms with Crippen molar-refractivity contribution in [3.8, 4) is 0 Å². The van der Waals surface area contributed by atoms with Gasteiger partial charge >= 0.3 is 0 Å². The van der Waals surface area contributed by atoms with E-state index in [2.05, 4.69) is 15.6 Å². The molecule has 2 amide bonds. The third-order valence-corrected chi connectivity index (χ3v) is 4.45. The Morgan fingerprint density at radius 2 is 1.87 bits per heavy atom. The smallest absolute Gasteiger partial charge is 0.281 e. The first-order valence-electron chi connectivity index (χ1n) is 9.26. The molecular weight excluding hydrogens is 384 g/mol. The van der Waals surface area contributed by atoms with Crippen molar-refractivity contribution < 1.29 is 14.0 Å². The molecule has 0 bridgehead atoms. The van der Waals surface area contributed by atoms with Gasteiger partial charge in [0.25, 0.3) is 11.5 Å². The Hall–Kier alpha value is -4.20. The normalized spacial score (nSPS) is 10.7. The second kappa shape index (κ2) is 8.44. The maximum Gasteiger partial charge on any atom is 0.281 e. The van der Waals surface area contributed by atoms with Crippen LogP contribution in [-0.2, 0) is 17.8 Å². The number of hydrogen-bond donors (Lipinski definition) is 2. The number of fused-ring (bicyclic) bond motifs is 1. The van der Waals surface area contributed by atoms with Gasteiger partial charge in [-0.05, 0) is 29.8 Å². The van der Waals surface area contributed by atoms with Gasteiger partial charge < -0.3 is 15.1 Å². The number of hydrogen-bond acceptors (Lipinski definition) is 5. The summed E-state index contributed by atoms with van der Waals surface area (Å²) in [7, 11) is 0. The third kappa shape index (κ3) is 4.27. The van der Waals surface area contributed by atoms with Crippen LogP contribution < -0.4 is 16.2 Å². The predicted octanol–water partition coefficient (Wildman–Crippen LogP) is 2.40. The first-order valence-corrected chi connectivity index (χ1v) is 9.26. The maximum absolute atomic E-state index is 12.8. The van der Waals surface area contributed by atoms with Gasteiger partial charge in [0.15, 0.2) is 0 Å². The van der Waals surface area contributed by atoms with Crippen LogP contribution >= 0.6 is 0 Å². The Morgan fingerprint density at radius 1 is 1.03 bits per heavy atom. The van der Waals surface area contributed by atoms with Crippen molar-refractivity contribution in [2.24, 2.45) is 0 Å². The molecule has 4 aromatic rings. The molecule has 3 aromatic heterocycles. The topological polar surface area (TPSA) is 106 Å². The Bertz CT molecular complexity index is 1250. The monoisotopic (exact) mass is 402 g/mol. The van der Waals surface area contributed by atoms with Gasteiger partial charge in [-0.25, -0.2) is 4.98 Å². The third-order valence-electron chi connectivity index (χ3n) is 4.45. The zero-order chi connectivity index (χ0) is 20.9. The molecule has 1 aromatic carbocycles. The van der Waals surface area contributed by atoms with E-state index in [0.717, 1.165) is 5.56 Å². The standard InChI is InChI=1S/C22H18N4O4/c27-20(11-15-5-2-1-3-6-15)25-18-13-23-19-9-8-16(14-26(19)22(18)29)21(28)24-12-17-7-4-10-30-17/h1-10,13-14H,11-12H2,(H,24,28)(H,25,27). The second-order valence-electron chi connectivity index (χ2n) is 6.60. The van der Waals surface area contributed by atoms with Crippen LogP contribution in [0.2, 0.25) is 0 Å². The number of amides is 2. The molecule has 0 aliphatic carbocycles. The molecule has 0 spiro atoms. The lowest BCUT2D eigenvalue weighted by Crippen LogP contribution is -2.26. The number of rotatable bonds is 6. The van der Waals surface area contributed by atoms with Crippen LogP contribution in [-0.4, -0.2) is 21.2 Å². The van der Waals surface area contributed by atoms with E-state index in [1.807, 2.05) is 30.3 Å².